The predicted molar refractivity (Wildman–Crippen MR) is 49.5 cm³/mol. The highest BCUT2D eigenvalue weighted by Crippen LogP contribution is 2.02. The molecule has 0 saturated carbocycles. The van der Waals surface area contributed by atoms with Crippen LogP contribution in [0.4, 0.5) is 0 Å². The summed E-state index contributed by atoms with van der Waals surface area (Å²) in [5, 5.41) is 3.29. The van der Waals surface area contributed by atoms with E-state index in [0.29, 0.717) is 0 Å². The van der Waals surface area contributed by atoms with E-state index in [1.807, 2.05) is 0 Å². The molecule has 0 unspecified atom stereocenters. The fourth-order valence-corrected chi connectivity index (χ4v) is 1.01. The van der Waals surface area contributed by atoms with Crippen LogP contribution in [0.25, 0.3) is 0 Å². The molecule has 0 spiro atoms. The summed E-state index contributed by atoms with van der Waals surface area (Å²) in [4.78, 5) is 0. The topological polar surface area (TPSA) is 12.0 Å². The molecule has 11 heavy (non-hydrogen) atoms. The van der Waals surface area contributed by atoms with Crippen LogP contribution >= 0.6 is 0 Å². The molecule has 0 heterocycles. The predicted octanol–water partition coefficient (Wildman–Crippen LogP) is 2.04. The molecule has 0 saturated heterocycles. The number of rotatable bonds is 3. The molecule has 0 atom stereocenters. The van der Waals surface area contributed by atoms with Crippen molar-refractivity contribution in [3.05, 3.63) is 36.0 Å². The number of hydrogen-bond donors (Lipinski definition) is 1. The first-order valence-corrected chi connectivity index (χ1v) is 4.16. The smallest absolute Gasteiger partial charge is 0.0205 e. The van der Waals surface area contributed by atoms with Crippen molar-refractivity contribution in [2.24, 2.45) is 0 Å². The Morgan fingerprint density at radius 2 is 2.36 bits per heavy atom. The van der Waals surface area contributed by atoms with Gasteiger partial charge in [0, 0.05) is 6.54 Å². The van der Waals surface area contributed by atoms with Crippen molar-refractivity contribution in [3.8, 4) is 0 Å². The molecule has 1 nitrogen and oxygen atoms in total. The Labute approximate surface area is 68.5 Å². The molecule has 0 radical (unpaired) electrons. The van der Waals surface area contributed by atoms with Gasteiger partial charge in [-0.2, -0.15) is 0 Å². The van der Waals surface area contributed by atoms with Crippen molar-refractivity contribution in [2.45, 2.75) is 13.3 Å². The van der Waals surface area contributed by atoms with Crippen molar-refractivity contribution in [3.63, 3.8) is 0 Å². The summed E-state index contributed by atoms with van der Waals surface area (Å²) >= 11 is 0. The number of nitrogens with one attached hydrogen (secondary N) is 1. The monoisotopic (exact) mass is 149 g/mol. The molecule has 0 fully saturated rings. The van der Waals surface area contributed by atoms with Gasteiger partial charge in [-0.1, -0.05) is 37.3 Å². The molecule has 0 bridgehead atoms. The zero-order valence-electron chi connectivity index (χ0n) is 7.01. The molecule has 1 heteroatoms. The number of hydrogen-bond acceptors (Lipinski definition) is 1. The maximum atomic E-state index is 3.29. The van der Waals surface area contributed by atoms with E-state index in [0.717, 1.165) is 19.5 Å². The lowest BCUT2D eigenvalue weighted by atomic mass is 10.2. The van der Waals surface area contributed by atoms with Crippen LogP contribution in [0.2, 0.25) is 0 Å². The van der Waals surface area contributed by atoms with E-state index in [1.165, 1.54) is 5.57 Å². The summed E-state index contributed by atoms with van der Waals surface area (Å²) in [6.45, 7) is 4.14. The van der Waals surface area contributed by atoms with Crippen LogP contribution in [0, 0.1) is 0 Å². The Kier molecular flexibility index (Phi) is 3.70. The third-order valence-electron chi connectivity index (χ3n) is 1.63. The Balaban J connectivity index is 2.42. The highest BCUT2D eigenvalue weighted by molar-refractivity contribution is 5.28. The number of allylic oxidation sites excluding steroid dienone is 4. The van der Waals surface area contributed by atoms with Gasteiger partial charge in [0.1, 0.15) is 0 Å². The van der Waals surface area contributed by atoms with Gasteiger partial charge in [-0.25, -0.2) is 0 Å². The highest BCUT2D eigenvalue weighted by Gasteiger charge is 1.90. The van der Waals surface area contributed by atoms with E-state index in [9.17, 15) is 0 Å². The fourth-order valence-electron chi connectivity index (χ4n) is 1.01. The summed E-state index contributed by atoms with van der Waals surface area (Å²) in [6.07, 6.45) is 11.9. The van der Waals surface area contributed by atoms with Crippen LogP contribution in [0.1, 0.15) is 13.3 Å². The summed E-state index contributed by atoms with van der Waals surface area (Å²) in [5.74, 6) is 0. The van der Waals surface area contributed by atoms with Crippen LogP contribution in [-0.2, 0) is 0 Å². The normalized spacial score (nSPS) is 16.3. The molecule has 1 N–H and O–H groups in total. The van der Waals surface area contributed by atoms with E-state index in [4.69, 9.17) is 0 Å². The lowest BCUT2D eigenvalue weighted by Crippen LogP contribution is -2.15. The molecule has 0 aromatic rings. The second kappa shape index (κ2) is 4.91. The molecular formula is C10H15N. The van der Waals surface area contributed by atoms with E-state index >= 15 is 0 Å². The first-order chi connectivity index (χ1) is 5.43. The first kappa shape index (κ1) is 8.28. The Morgan fingerprint density at radius 3 is 3.18 bits per heavy atom. The van der Waals surface area contributed by atoms with Crippen molar-refractivity contribution in [2.75, 3.05) is 13.1 Å². The average Bonchev–Trinajstić information content (AvgIpc) is 2.28. The highest BCUT2D eigenvalue weighted by atomic mass is 14.8. The average molecular weight is 149 g/mol. The van der Waals surface area contributed by atoms with Gasteiger partial charge in [0.2, 0.25) is 0 Å². The largest absolute Gasteiger partial charge is 0.313 e. The van der Waals surface area contributed by atoms with Gasteiger partial charge in [0.15, 0.2) is 0 Å². The lowest BCUT2D eigenvalue weighted by Gasteiger charge is -2.00. The third-order valence-corrected chi connectivity index (χ3v) is 1.63. The van der Waals surface area contributed by atoms with Gasteiger partial charge < -0.3 is 5.32 Å². The second-order valence-electron chi connectivity index (χ2n) is 2.59. The van der Waals surface area contributed by atoms with Crippen molar-refractivity contribution in [1.82, 2.24) is 5.32 Å². The maximum Gasteiger partial charge on any atom is 0.0205 e. The summed E-state index contributed by atoms with van der Waals surface area (Å²) < 4.78 is 0. The Bertz CT molecular complexity index is 187. The van der Waals surface area contributed by atoms with E-state index < -0.39 is 0 Å². The van der Waals surface area contributed by atoms with Gasteiger partial charge in [0.05, 0.1) is 0 Å². The van der Waals surface area contributed by atoms with Gasteiger partial charge >= 0.3 is 0 Å². The zero-order chi connectivity index (χ0) is 7.94. The van der Waals surface area contributed by atoms with Crippen molar-refractivity contribution >= 4 is 0 Å². The van der Waals surface area contributed by atoms with E-state index in [1.54, 1.807) is 0 Å². The van der Waals surface area contributed by atoms with Crippen LogP contribution in [0.5, 0.6) is 0 Å². The minimum Gasteiger partial charge on any atom is -0.313 e. The quantitative estimate of drug-likeness (QED) is 0.647. The van der Waals surface area contributed by atoms with Crippen molar-refractivity contribution in [1.29, 1.82) is 0 Å². The van der Waals surface area contributed by atoms with Crippen LogP contribution in [0.15, 0.2) is 36.0 Å². The van der Waals surface area contributed by atoms with Crippen LogP contribution in [-0.4, -0.2) is 13.1 Å². The molecule has 1 rings (SSSR count). The standard InChI is InChI=1S/C10H15N/c1-2-11-9-10-7-5-3-4-6-8-10/h3,5-8,11H,2,4,9H2,1H3. The summed E-state index contributed by atoms with van der Waals surface area (Å²) in [6, 6.07) is 0. The maximum absolute atomic E-state index is 3.29. The van der Waals surface area contributed by atoms with Crippen LogP contribution < -0.4 is 5.32 Å². The van der Waals surface area contributed by atoms with Gasteiger partial charge in [-0.3, -0.25) is 0 Å². The third kappa shape index (κ3) is 3.19. The van der Waals surface area contributed by atoms with Gasteiger partial charge in [-0.05, 0) is 18.5 Å². The summed E-state index contributed by atoms with van der Waals surface area (Å²) in [7, 11) is 0. The van der Waals surface area contributed by atoms with Crippen LogP contribution in [0.3, 0.4) is 0 Å². The molecule has 60 valence electrons. The Morgan fingerprint density at radius 1 is 1.45 bits per heavy atom. The van der Waals surface area contributed by atoms with Crippen molar-refractivity contribution < 1.29 is 0 Å². The minimum atomic E-state index is 0.983. The molecule has 0 amide bonds. The van der Waals surface area contributed by atoms with E-state index in [-0.39, 0.29) is 0 Å². The first-order valence-electron chi connectivity index (χ1n) is 4.16. The fraction of sp³-hybridized carbons (Fsp3) is 0.400. The van der Waals surface area contributed by atoms with E-state index in [2.05, 4.69) is 42.6 Å². The molecule has 1 aliphatic rings. The van der Waals surface area contributed by atoms with Gasteiger partial charge in [-0.15, -0.1) is 0 Å². The molecular weight excluding hydrogens is 134 g/mol. The lowest BCUT2D eigenvalue weighted by molar-refractivity contribution is 0.785. The zero-order valence-corrected chi connectivity index (χ0v) is 7.01. The molecule has 0 aromatic carbocycles. The second-order valence-corrected chi connectivity index (χ2v) is 2.59. The minimum absolute atomic E-state index is 0.983. The molecule has 0 aliphatic heterocycles. The SMILES string of the molecule is CCNCC1=CC=CCC=C1. The summed E-state index contributed by atoms with van der Waals surface area (Å²) in [5.41, 5.74) is 1.36. The molecule has 1 aliphatic carbocycles. The Hall–Kier alpha value is -0.820. The molecule has 0 aromatic heterocycles. The van der Waals surface area contributed by atoms with Gasteiger partial charge in [0.25, 0.3) is 0 Å². The number of likely N-dealkylation sites (N-methyl/N-ethyl adjacent to an activating group) is 1.